The molecule has 0 amide bonds. The van der Waals surface area contributed by atoms with Gasteiger partial charge in [0.2, 0.25) is 0 Å². The first kappa shape index (κ1) is 11.4. The van der Waals surface area contributed by atoms with E-state index in [4.69, 9.17) is 0 Å². The maximum absolute atomic E-state index is 3.65. The average molecular weight is 210 g/mol. The maximum Gasteiger partial charge on any atom is 0.000516 e. The molecule has 0 aromatic carbocycles. The zero-order chi connectivity index (χ0) is 10.6. The van der Waals surface area contributed by atoms with Gasteiger partial charge in [0.05, 0.1) is 0 Å². The molecule has 88 valence electrons. The van der Waals surface area contributed by atoms with Gasteiger partial charge in [-0.15, -0.1) is 0 Å². The fourth-order valence-corrected chi connectivity index (χ4v) is 2.82. The van der Waals surface area contributed by atoms with Crippen LogP contribution in [0.3, 0.4) is 0 Å². The van der Waals surface area contributed by atoms with Crippen LogP contribution in [-0.2, 0) is 0 Å². The lowest BCUT2D eigenvalue weighted by Gasteiger charge is -2.38. The second kappa shape index (κ2) is 5.31. The zero-order valence-electron chi connectivity index (χ0n) is 10.1. The highest BCUT2D eigenvalue weighted by Gasteiger charge is 2.30. The van der Waals surface area contributed by atoms with Crippen molar-refractivity contribution in [3.05, 3.63) is 0 Å². The standard InChI is InChI=1S/C13H26N2/c1-13(6-2-7-13)11-15-10-5-12-3-8-14-9-4-12/h12,14-15H,2-11H2,1H3. The molecular formula is C13H26N2. The predicted molar refractivity (Wildman–Crippen MR) is 65.0 cm³/mol. The van der Waals surface area contributed by atoms with Crippen molar-refractivity contribution in [1.29, 1.82) is 0 Å². The van der Waals surface area contributed by atoms with Gasteiger partial charge in [0, 0.05) is 6.54 Å². The summed E-state index contributed by atoms with van der Waals surface area (Å²) < 4.78 is 0. The molecule has 1 aliphatic heterocycles. The summed E-state index contributed by atoms with van der Waals surface area (Å²) >= 11 is 0. The molecule has 2 rings (SSSR count). The van der Waals surface area contributed by atoms with Gasteiger partial charge in [-0.25, -0.2) is 0 Å². The van der Waals surface area contributed by atoms with Crippen molar-refractivity contribution in [3.8, 4) is 0 Å². The highest BCUT2D eigenvalue weighted by atomic mass is 14.9. The number of piperidine rings is 1. The highest BCUT2D eigenvalue weighted by Crippen LogP contribution is 2.39. The van der Waals surface area contributed by atoms with E-state index in [-0.39, 0.29) is 0 Å². The summed E-state index contributed by atoms with van der Waals surface area (Å²) in [5, 5.41) is 7.08. The molecule has 0 unspecified atom stereocenters. The fourth-order valence-electron chi connectivity index (χ4n) is 2.82. The predicted octanol–water partition coefficient (Wildman–Crippen LogP) is 2.16. The molecule has 2 N–H and O–H groups in total. The lowest BCUT2D eigenvalue weighted by molar-refractivity contribution is 0.155. The van der Waals surface area contributed by atoms with Crippen LogP contribution in [0.2, 0.25) is 0 Å². The first-order valence-corrected chi connectivity index (χ1v) is 6.70. The molecule has 1 saturated heterocycles. The van der Waals surface area contributed by atoms with Gasteiger partial charge in [0.25, 0.3) is 0 Å². The summed E-state index contributed by atoms with van der Waals surface area (Å²) in [4.78, 5) is 0. The Morgan fingerprint density at radius 2 is 2.00 bits per heavy atom. The minimum Gasteiger partial charge on any atom is -0.317 e. The van der Waals surface area contributed by atoms with E-state index in [0.717, 1.165) is 5.92 Å². The minimum absolute atomic E-state index is 0.647. The van der Waals surface area contributed by atoms with Crippen LogP contribution < -0.4 is 10.6 Å². The van der Waals surface area contributed by atoms with Gasteiger partial charge in [0.1, 0.15) is 0 Å². The normalized spacial score (nSPS) is 26.2. The molecule has 0 atom stereocenters. The highest BCUT2D eigenvalue weighted by molar-refractivity contribution is 4.85. The summed E-state index contributed by atoms with van der Waals surface area (Å²) in [5.41, 5.74) is 0.647. The van der Waals surface area contributed by atoms with Crippen LogP contribution in [-0.4, -0.2) is 26.2 Å². The maximum atomic E-state index is 3.65. The lowest BCUT2D eigenvalue weighted by Crippen LogP contribution is -2.38. The van der Waals surface area contributed by atoms with E-state index in [2.05, 4.69) is 17.6 Å². The number of hydrogen-bond donors (Lipinski definition) is 2. The number of hydrogen-bond acceptors (Lipinski definition) is 2. The van der Waals surface area contributed by atoms with Gasteiger partial charge in [0.15, 0.2) is 0 Å². The molecule has 2 fully saturated rings. The van der Waals surface area contributed by atoms with Crippen molar-refractivity contribution in [2.75, 3.05) is 26.2 Å². The molecule has 1 aliphatic carbocycles. The van der Waals surface area contributed by atoms with E-state index < -0.39 is 0 Å². The summed E-state index contributed by atoms with van der Waals surface area (Å²) in [6, 6.07) is 0. The smallest absolute Gasteiger partial charge is 0.000516 e. The van der Waals surface area contributed by atoms with E-state index in [0.29, 0.717) is 5.41 Å². The lowest BCUT2D eigenvalue weighted by atomic mass is 9.70. The molecule has 0 bridgehead atoms. The van der Waals surface area contributed by atoms with Crippen molar-refractivity contribution in [2.24, 2.45) is 11.3 Å². The zero-order valence-corrected chi connectivity index (χ0v) is 10.1. The minimum atomic E-state index is 0.647. The molecule has 0 aromatic rings. The van der Waals surface area contributed by atoms with Crippen LogP contribution in [0.25, 0.3) is 0 Å². The summed E-state index contributed by atoms with van der Waals surface area (Å²) in [7, 11) is 0. The van der Waals surface area contributed by atoms with E-state index in [1.54, 1.807) is 0 Å². The third kappa shape index (κ3) is 3.46. The first-order valence-electron chi connectivity index (χ1n) is 6.70. The first-order chi connectivity index (χ1) is 7.29. The molecule has 0 aromatic heterocycles. The van der Waals surface area contributed by atoms with Crippen molar-refractivity contribution in [1.82, 2.24) is 10.6 Å². The summed E-state index contributed by atoms with van der Waals surface area (Å²) in [5.74, 6) is 0.980. The van der Waals surface area contributed by atoms with Crippen molar-refractivity contribution in [3.63, 3.8) is 0 Å². The molecule has 2 heteroatoms. The monoisotopic (exact) mass is 210 g/mol. The molecule has 2 aliphatic rings. The molecule has 2 nitrogen and oxygen atoms in total. The fraction of sp³-hybridized carbons (Fsp3) is 1.00. The number of nitrogens with one attached hydrogen (secondary N) is 2. The van der Waals surface area contributed by atoms with Crippen molar-refractivity contribution in [2.45, 2.75) is 45.4 Å². The molecular weight excluding hydrogens is 184 g/mol. The topological polar surface area (TPSA) is 24.1 Å². The summed E-state index contributed by atoms with van der Waals surface area (Å²) in [6.07, 6.45) is 8.49. The largest absolute Gasteiger partial charge is 0.317 e. The Morgan fingerprint density at radius 3 is 2.60 bits per heavy atom. The molecule has 0 spiro atoms. The second-order valence-corrected chi connectivity index (χ2v) is 5.82. The van der Waals surface area contributed by atoms with Gasteiger partial charge in [-0.1, -0.05) is 13.3 Å². The van der Waals surface area contributed by atoms with Crippen LogP contribution in [0, 0.1) is 11.3 Å². The van der Waals surface area contributed by atoms with Crippen molar-refractivity contribution < 1.29 is 0 Å². The Labute approximate surface area is 94.2 Å². The Morgan fingerprint density at radius 1 is 1.27 bits per heavy atom. The van der Waals surface area contributed by atoms with E-state index in [9.17, 15) is 0 Å². The quantitative estimate of drug-likeness (QED) is 0.680. The van der Waals surface area contributed by atoms with Crippen LogP contribution in [0.15, 0.2) is 0 Å². The molecule has 1 saturated carbocycles. The Balaban J connectivity index is 1.50. The van der Waals surface area contributed by atoms with Gasteiger partial charge in [-0.3, -0.25) is 0 Å². The van der Waals surface area contributed by atoms with E-state index in [1.807, 2.05) is 0 Å². The Kier molecular flexibility index (Phi) is 4.04. The van der Waals surface area contributed by atoms with Gasteiger partial charge < -0.3 is 10.6 Å². The van der Waals surface area contributed by atoms with Crippen molar-refractivity contribution >= 4 is 0 Å². The SMILES string of the molecule is CC1(CNCCC2CCNCC2)CCC1. The third-order valence-corrected chi connectivity index (χ3v) is 4.30. The summed E-state index contributed by atoms with van der Waals surface area (Å²) in [6.45, 7) is 7.39. The van der Waals surface area contributed by atoms with E-state index >= 15 is 0 Å². The second-order valence-electron chi connectivity index (χ2n) is 5.82. The van der Waals surface area contributed by atoms with Crippen LogP contribution in [0.5, 0.6) is 0 Å². The van der Waals surface area contributed by atoms with Crippen LogP contribution in [0.4, 0.5) is 0 Å². The molecule has 0 radical (unpaired) electrons. The molecule has 1 heterocycles. The van der Waals surface area contributed by atoms with Gasteiger partial charge >= 0.3 is 0 Å². The van der Waals surface area contributed by atoms with Gasteiger partial charge in [-0.2, -0.15) is 0 Å². The Hall–Kier alpha value is -0.0800. The average Bonchev–Trinajstić information content (AvgIpc) is 2.23. The number of rotatable bonds is 5. The third-order valence-electron chi connectivity index (χ3n) is 4.30. The van der Waals surface area contributed by atoms with Crippen LogP contribution >= 0.6 is 0 Å². The van der Waals surface area contributed by atoms with Crippen LogP contribution in [0.1, 0.15) is 45.4 Å². The molecule has 15 heavy (non-hydrogen) atoms. The van der Waals surface area contributed by atoms with E-state index in [1.165, 1.54) is 64.7 Å². The van der Waals surface area contributed by atoms with Gasteiger partial charge in [-0.05, 0) is 63.1 Å². The Bertz CT molecular complexity index is 181.